The van der Waals surface area contributed by atoms with Crippen LogP contribution in [0.5, 0.6) is 5.75 Å². The lowest BCUT2D eigenvalue weighted by Crippen LogP contribution is -2.36. The van der Waals surface area contributed by atoms with Crippen molar-refractivity contribution in [2.45, 2.75) is 36.5 Å². The van der Waals surface area contributed by atoms with E-state index < -0.39 is 11.0 Å². The monoisotopic (exact) mass is 538 g/mol. The molecular formula is C28H34N4O5S. The third-order valence-electron chi connectivity index (χ3n) is 8.30. The van der Waals surface area contributed by atoms with Gasteiger partial charge in [-0.3, -0.25) is 9.59 Å². The molecule has 1 aromatic heterocycles. The van der Waals surface area contributed by atoms with E-state index in [9.17, 15) is 13.8 Å². The van der Waals surface area contributed by atoms with Crippen molar-refractivity contribution in [1.29, 1.82) is 0 Å². The average Bonchev–Trinajstić information content (AvgIpc) is 3.61. The van der Waals surface area contributed by atoms with Crippen molar-refractivity contribution in [3.05, 3.63) is 53.3 Å². The lowest BCUT2D eigenvalue weighted by Gasteiger charge is -2.23. The Kier molecular flexibility index (Phi) is 7.20. The number of aromatic nitrogens is 1. The number of fused-ring (bicyclic) bond motifs is 1. The molecular weight excluding hydrogens is 504 g/mol. The number of pyridine rings is 1. The Balaban J connectivity index is 1.09. The second-order valence-corrected chi connectivity index (χ2v) is 12.1. The lowest BCUT2D eigenvalue weighted by atomic mass is 10.0. The summed E-state index contributed by atoms with van der Waals surface area (Å²) in [5.41, 5.74) is 2.22. The van der Waals surface area contributed by atoms with E-state index in [0.717, 1.165) is 44.6 Å². The summed E-state index contributed by atoms with van der Waals surface area (Å²) in [6.07, 6.45) is 5.74. The van der Waals surface area contributed by atoms with E-state index >= 15 is 0 Å². The van der Waals surface area contributed by atoms with Crippen LogP contribution in [0.1, 0.15) is 58.0 Å². The van der Waals surface area contributed by atoms with E-state index in [1.165, 1.54) is 11.8 Å². The van der Waals surface area contributed by atoms with E-state index in [1.807, 2.05) is 15.9 Å². The van der Waals surface area contributed by atoms with Crippen molar-refractivity contribution in [3.63, 3.8) is 0 Å². The molecule has 38 heavy (non-hydrogen) atoms. The quantitative estimate of drug-likeness (QED) is 0.580. The molecule has 0 spiro atoms. The van der Waals surface area contributed by atoms with Crippen LogP contribution in [-0.4, -0.2) is 76.8 Å². The van der Waals surface area contributed by atoms with Crippen LogP contribution in [0.4, 0.5) is 0 Å². The highest BCUT2D eigenvalue weighted by Crippen LogP contribution is 2.42. The first kappa shape index (κ1) is 25.5. The maximum atomic E-state index is 13.6. The number of likely N-dealkylation sites (tertiary alicyclic amines) is 2. The molecule has 6 rings (SSSR count). The summed E-state index contributed by atoms with van der Waals surface area (Å²) in [5, 5.41) is 5.38. The predicted octanol–water partition coefficient (Wildman–Crippen LogP) is 2.59. The number of hydrogen-bond acceptors (Lipinski definition) is 6. The maximum absolute atomic E-state index is 13.6. The smallest absolute Gasteiger partial charge is 0.272 e. The summed E-state index contributed by atoms with van der Waals surface area (Å²) < 4.78 is 23.0. The van der Waals surface area contributed by atoms with Crippen LogP contribution in [-0.2, 0) is 15.7 Å². The van der Waals surface area contributed by atoms with Gasteiger partial charge in [0.05, 0.1) is 11.5 Å². The zero-order valence-corrected chi connectivity index (χ0v) is 22.2. The molecule has 0 bridgehead atoms. The van der Waals surface area contributed by atoms with Crippen molar-refractivity contribution in [2.24, 2.45) is 22.9 Å². The van der Waals surface area contributed by atoms with Gasteiger partial charge in [-0.05, 0) is 73.4 Å². The Morgan fingerprint density at radius 1 is 0.974 bits per heavy atom. The van der Waals surface area contributed by atoms with Gasteiger partial charge in [0.2, 0.25) is 0 Å². The molecule has 2 amide bonds. The Morgan fingerprint density at radius 2 is 1.66 bits per heavy atom. The molecule has 1 aromatic carbocycles. The minimum Gasteiger partial charge on any atom is -0.493 e. The summed E-state index contributed by atoms with van der Waals surface area (Å²) in [7, 11) is -1.62. The summed E-state index contributed by atoms with van der Waals surface area (Å²) >= 11 is 0. The third-order valence-corrected chi connectivity index (χ3v) is 9.01. The van der Waals surface area contributed by atoms with Gasteiger partial charge in [-0.1, -0.05) is 0 Å². The summed E-state index contributed by atoms with van der Waals surface area (Å²) in [4.78, 5) is 34.8. The molecule has 10 heteroatoms. The first-order valence-electron chi connectivity index (χ1n) is 13.5. The number of hydrogen-bond donors (Lipinski definition) is 1. The molecule has 9 nitrogen and oxygen atoms in total. The van der Waals surface area contributed by atoms with Gasteiger partial charge in [0, 0.05) is 63.0 Å². The molecule has 2 N–H and O–H groups in total. The molecule has 3 atom stereocenters. The number of amides is 2. The molecule has 4 heterocycles. The van der Waals surface area contributed by atoms with E-state index in [0.29, 0.717) is 60.8 Å². The molecule has 3 aliphatic heterocycles. The minimum absolute atomic E-state index is 0.0442. The molecule has 1 aliphatic carbocycles. The topological polar surface area (TPSA) is 115 Å². The van der Waals surface area contributed by atoms with E-state index in [-0.39, 0.29) is 23.7 Å². The first-order chi connectivity index (χ1) is 18.4. The fourth-order valence-corrected chi connectivity index (χ4v) is 6.26. The number of carbonyl (C=O) groups is 2. The third kappa shape index (κ3) is 5.48. The molecule has 0 radical (unpaired) electrons. The van der Waals surface area contributed by atoms with Crippen LogP contribution in [0.2, 0.25) is 0 Å². The Hall–Kier alpha value is -2.82. The van der Waals surface area contributed by atoms with Gasteiger partial charge < -0.3 is 19.3 Å². The van der Waals surface area contributed by atoms with Crippen molar-refractivity contribution in [1.82, 2.24) is 14.8 Å². The molecule has 202 valence electrons. The average molecular weight is 539 g/mol. The van der Waals surface area contributed by atoms with Gasteiger partial charge in [-0.15, -0.1) is 0 Å². The van der Waals surface area contributed by atoms with Gasteiger partial charge in [0.15, 0.2) is 0 Å². The number of nitrogens with two attached hydrogens (primary N) is 1. The summed E-state index contributed by atoms with van der Waals surface area (Å²) in [6, 6.07) is 9.21. The van der Waals surface area contributed by atoms with Gasteiger partial charge in [0.1, 0.15) is 22.4 Å². The van der Waals surface area contributed by atoms with Gasteiger partial charge in [0.25, 0.3) is 11.8 Å². The van der Waals surface area contributed by atoms with Crippen LogP contribution in [0.25, 0.3) is 0 Å². The summed E-state index contributed by atoms with van der Waals surface area (Å²) in [6.45, 7) is 4.71. The van der Waals surface area contributed by atoms with Crippen molar-refractivity contribution in [3.8, 4) is 5.75 Å². The number of carbonyl (C=O) groups excluding carboxylic acids is 2. The predicted molar refractivity (Wildman–Crippen MR) is 141 cm³/mol. The Morgan fingerprint density at radius 3 is 2.26 bits per heavy atom. The summed E-state index contributed by atoms with van der Waals surface area (Å²) in [5.74, 6) is 2.20. The number of ether oxygens (including phenoxy) is 2. The zero-order valence-electron chi connectivity index (χ0n) is 21.4. The number of rotatable bonds is 7. The van der Waals surface area contributed by atoms with Gasteiger partial charge >= 0.3 is 0 Å². The SMILES string of the molecule is NS(=O)c1ccc(C(=O)N2C[C@H]3CN(C(=O)c4cc(OCC5CCOCC5)cc(C5CC5)c4)C[C@@H]3C2)nc1. The van der Waals surface area contributed by atoms with E-state index in [2.05, 4.69) is 17.1 Å². The van der Waals surface area contributed by atoms with Crippen LogP contribution in [0.15, 0.2) is 41.4 Å². The molecule has 1 unspecified atom stereocenters. The molecule has 4 fully saturated rings. The maximum Gasteiger partial charge on any atom is 0.272 e. The first-order valence-corrected chi connectivity index (χ1v) is 14.7. The second-order valence-electron chi connectivity index (χ2n) is 11.0. The highest BCUT2D eigenvalue weighted by Gasteiger charge is 2.43. The normalized spacial score (nSPS) is 24.3. The van der Waals surface area contributed by atoms with Gasteiger partial charge in [-0.2, -0.15) is 0 Å². The van der Waals surface area contributed by atoms with Crippen LogP contribution < -0.4 is 9.88 Å². The van der Waals surface area contributed by atoms with Crippen LogP contribution in [0.3, 0.4) is 0 Å². The highest BCUT2D eigenvalue weighted by atomic mass is 32.2. The fraction of sp³-hybridized carbons (Fsp3) is 0.536. The van der Waals surface area contributed by atoms with Gasteiger partial charge in [-0.25, -0.2) is 14.3 Å². The van der Waals surface area contributed by atoms with Crippen LogP contribution in [0, 0.1) is 17.8 Å². The Labute approximate surface area is 225 Å². The largest absolute Gasteiger partial charge is 0.493 e. The van der Waals surface area contributed by atoms with Crippen molar-refractivity contribution >= 4 is 22.8 Å². The van der Waals surface area contributed by atoms with E-state index in [1.54, 1.807) is 12.1 Å². The highest BCUT2D eigenvalue weighted by molar-refractivity contribution is 7.82. The second kappa shape index (κ2) is 10.7. The van der Waals surface area contributed by atoms with Crippen molar-refractivity contribution < 1.29 is 23.3 Å². The number of nitrogens with zero attached hydrogens (tertiary/aromatic N) is 3. The molecule has 3 saturated heterocycles. The molecule has 2 aromatic rings. The fourth-order valence-electron chi connectivity index (χ4n) is 5.90. The number of benzene rings is 1. The lowest BCUT2D eigenvalue weighted by molar-refractivity contribution is 0.0497. The zero-order chi connectivity index (χ0) is 26.2. The molecule has 4 aliphatic rings. The molecule has 1 saturated carbocycles. The minimum atomic E-state index is -1.62. The standard InChI is InChI=1S/C28H34N4O5S/c29-38(35)25-3-4-26(30-12-25)28(34)32-15-22-13-31(14-23(22)16-32)27(33)21-9-20(19-1-2-19)10-24(11-21)37-17-18-5-7-36-8-6-18/h3-4,9-12,18-19,22-23H,1-2,5-8,13-17,29H2/t22-,23-,38?/m1/s1. The Bertz CT molecular complexity index is 1210. The van der Waals surface area contributed by atoms with E-state index in [4.69, 9.17) is 14.6 Å². The van der Waals surface area contributed by atoms with Crippen molar-refractivity contribution in [2.75, 3.05) is 46.0 Å². The van der Waals surface area contributed by atoms with Crippen LogP contribution >= 0.6 is 0 Å².